The van der Waals surface area contributed by atoms with Crippen LogP contribution in [0.4, 0.5) is 0 Å². The van der Waals surface area contributed by atoms with Crippen molar-refractivity contribution in [2.75, 3.05) is 13.1 Å². The highest BCUT2D eigenvalue weighted by atomic mass is 32.1. The first-order valence-electron chi connectivity index (χ1n) is 4.65. The summed E-state index contributed by atoms with van der Waals surface area (Å²) in [5.74, 6) is 0.125. The quantitative estimate of drug-likeness (QED) is 0.729. The molecule has 0 radical (unpaired) electrons. The van der Waals surface area contributed by atoms with E-state index < -0.39 is 0 Å². The molecule has 1 saturated heterocycles. The Labute approximate surface area is 86.7 Å². The van der Waals surface area contributed by atoms with Crippen LogP contribution in [0.15, 0.2) is 6.33 Å². The summed E-state index contributed by atoms with van der Waals surface area (Å²) in [5, 5.41) is 6.39. The molecule has 0 atom stereocenters. The third-order valence-electron chi connectivity index (χ3n) is 2.38. The van der Waals surface area contributed by atoms with Crippen LogP contribution in [0.2, 0.25) is 0 Å². The number of likely N-dealkylation sites (tertiary alicyclic amines) is 1. The molecule has 0 saturated carbocycles. The van der Waals surface area contributed by atoms with Crippen LogP contribution in [-0.2, 0) is 11.3 Å². The van der Waals surface area contributed by atoms with Gasteiger partial charge >= 0.3 is 0 Å². The van der Waals surface area contributed by atoms with E-state index in [2.05, 4.69) is 10.2 Å². The Morgan fingerprint density at radius 3 is 2.86 bits per heavy atom. The van der Waals surface area contributed by atoms with Crippen molar-refractivity contribution >= 4 is 18.1 Å². The molecule has 1 aliphatic rings. The number of rotatable bonds is 2. The molecule has 1 N–H and O–H groups in total. The van der Waals surface area contributed by atoms with E-state index >= 15 is 0 Å². The Kier molecular flexibility index (Phi) is 2.62. The fourth-order valence-electron chi connectivity index (χ4n) is 1.60. The topological polar surface area (TPSA) is 53.9 Å². The van der Waals surface area contributed by atoms with Gasteiger partial charge in [-0.15, -0.1) is 0 Å². The van der Waals surface area contributed by atoms with Gasteiger partial charge in [0.2, 0.25) is 5.91 Å². The molecule has 0 bridgehead atoms. The number of nitrogens with zero attached hydrogens (tertiary/aromatic N) is 3. The van der Waals surface area contributed by atoms with Crippen LogP contribution >= 0.6 is 12.2 Å². The first-order valence-corrected chi connectivity index (χ1v) is 5.06. The minimum absolute atomic E-state index is 0.125. The summed E-state index contributed by atoms with van der Waals surface area (Å²) < 4.78 is 2.15. The van der Waals surface area contributed by atoms with Crippen molar-refractivity contribution in [2.24, 2.45) is 0 Å². The van der Waals surface area contributed by atoms with Crippen molar-refractivity contribution in [3.8, 4) is 0 Å². The molecule has 1 fully saturated rings. The lowest BCUT2D eigenvalue weighted by Gasteiger charge is -2.14. The van der Waals surface area contributed by atoms with Crippen molar-refractivity contribution in [1.82, 2.24) is 19.7 Å². The molecule has 1 aromatic rings. The SMILES string of the molecule is O=C(Cn1cn[nH]c1=S)N1CCCC1. The molecule has 0 aromatic carbocycles. The maximum absolute atomic E-state index is 11.7. The van der Waals surface area contributed by atoms with Crippen molar-refractivity contribution in [2.45, 2.75) is 19.4 Å². The molecule has 2 rings (SSSR count). The number of amides is 1. The van der Waals surface area contributed by atoms with Crippen molar-refractivity contribution in [3.05, 3.63) is 11.1 Å². The average molecular weight is 212 g/mol. The monoisotopic (exact) mass is 212 g/mol. The second-order valence-corrected chi connectivity index (χ2v) is 3.76. The average Bonchev–Trinajstić information content (AvgIpc) is 2.77. The molecule has 14 heavy (non-hydrogen) atoms. The molecular formula is C8H12N4OS. The predicted octanol–water partition coefficient (Wildman–Crippen LogP) is 0.563. The second-order valence-electron chi connectivity index (χ2n) is 3.38. The van der Waals surface area contributed by atoms with E-state index in [-0.39, 0.29) is 5.91 Å². The smallest absolute Gasteiger partial charge is 0.242 e. The number of H-pyrrole nitrogens is 1. The van der Waals surface area contributed by atoms with E-state index in [0.29, 0.717) is 11.3 Å². The van der Waals surface area contributed by atoms with Crippen LogP contribution in [0, 0.1) is 4.77 Å². The molecule has 2 heterocycles. The predicted molar refractivity (Wildman–Crippen MR) is 53.2 cm³/mol. The molecule has 76 valence electrons. The summed E-state index contributed by atoms with van der Waals surface area (Å²) in [6.45, 7) is 2.06. The van der Waals surface area contributed by atoms with Crippen LogP contribution < -0.4 is 0 Å². The largest absolute Gasteiger partial charge is 0.341 e. The Hall–Kier alpha value is -1.17. The number of hydrogen-bond acceptors (Lipinski definition) is 3. The molecule has 0 spiro atoms. The number of aromatic amines is 1. The van der Waals surface area contributed by atoms with Crippen LogP contribution in [-0.4, -0.2) is 38.7 Å². The van der Waals surface area contributed by atoms with Gasteiger partial charge in [0.25, 0.3) is 0 Å². The summed E-state index contributed by atoms with van der Waals surface area (Å²) in [6, 6.07) is 0. The maximum Gasteiger partial charge on any atom is 0.242 e. The van der Waals surface area contributed by atoms with E-state index in [9.17, 15) is 4.79 Å². The van der Waals surface area contributed by atoms with E-state index in [1.165, 1.54) is 0 Å². The number of carbonyl (C=O) groups is 1. The van der Waals surface area contributed by atoms with Crippen molar-refractivity contribution < 1.29 is 4.79 Å². The first kappa shape index (κ1) is 9.39. The van der Waals surface area contributed by atoms with E-state index in [0.717, 1.165) is 25.9 Å². The van der Waals surface area contributed by atoms with Gasteiger partial charge < -0.3 is 4.90 Å². The summed E-state index contributed by atoms with van der Waals surface area (Å²) in [6.07, 6.45) is 3.78. The number of carbonyl (C=O) groups excluding carboxylic acids is 1. The Bertz CT molecular complexity index is 377. The molecule has 1 aliphatic heterocycles. The maximum atomic E-state index is 11.7. The van der Waals surface area contributed by atoms with Gasteiger partial charge in [-0.05, 0) is 25.1 Å². The van der Waals surface area contributed by atoms with Crippen LogP contribution in [0.3, 0.4) is 0 Å². The van der Waals surface area contributed by atoms with Crippen molar-refractivity contribution in [1.29, 1.82) is 0 Å². The zero-order valence-electron chi connectivity index (χ0n) is 7.77. The van der Waals surface area contributed by atoms with E-state index in [1.807, 2.05) is 4.90 Å². The van der Waals surface area contributed by atoms with Gasteiger partial charge in [-0.1, -0.05) is 0 Å². The van der Waals surface area contributed by atoms with Gasteiger partial charge in [0.15, 0.2) is 4.77 Å². The van der Waals surface area contributed by atoms with Gasteiger partial charge in [-0.25, -0.2) is 0 Å². The highest BCUT2D eigenvalue weighted by Crippen LogP contribution is 2.08. The Morgan fingerprint density at radius 1 is 1.57 bits per heavy atom. The minimum atomic E-state index is 0.125. The molecule has 0 unspecified atom stereocenters. The van der Waals surface area contributed by atoms with Crippen LogP contribution in [0.5, 0.6) is 0 Å². The zero-order valence-corrected chi connectivity index (χ0v) is 8.59. The summed E-state index contributed by atoms with van der Waals surface area (Å²) >= 11 is 4.95. The molecule has 0 aliphatic carbocycles. The van der Waals surface area contributed by atoms with Gasteiger partial charge in [-0.3, -0.25) is 14.5 Å². The Morgan fingerprint density at radius 2 is 2.29 bits per heavy atom. The summed E-state index contributed by atoms with van der Waals surface area (Å²) in [7, 11) is 0. The fraction of sp³-hybridized carbons (Fsp3) is 0.625. The van der Waals surface area contributed by atoms with E-state index in [1.54, 1.807) is 10.9 Å². The molecule has 1 aromatic heterocycles. The standard InChI is InChI=1S/C8H12N4OS/c13-7(11-3-1-2-4-11)5-12-6-9-10-8(12)14/h6H,1-5H2,(H,10,14). The molecule has 6 heteroatoms. The molecule has 5 nitrogen and oxygen atoms in total. The van der Waals surface area contributed by atoms with Gasteiger partial charge in [0.1, 0.15) is 12.9 Å². The highest BCUT2D eigenvalue weighted by Gasteiger charge is 2.17. The molecular weight excluding hydrogens is 200 g/mol. The molecule has 1 amide bonds. The zero-order chi connectivity index (χ0) is 9.97. The lowest BCUT2D eigenvalue weighted by atomic mass is 10.4. The third-order valence-corrected chi connectivity index (χ3v) is 2.71. The van der Waals surface area contributed by atoms with E-state index in [4.69, 9.17) is 12.2 Å². The normalized spacial score (nSPS) is 16.1. The lowest BCUT2D eigenvalue weighted by molar-refractivity contribution is -0.130. The minimum Gasteiger partial charge on any atom is -0.341 e. The first-order chi connectivity index (χ1) is 6.77. The van der Waals surface area contributed by atoms with Crippen LogP contribution in [0.25, 0.3) is 0 Å². The summed E-state index contributed by atoms with van der Waals surface area (Å²) in [4.78, 5) is 13.6. The number of hydrogen-bond donors (Lipinski definition) is 1. The lowest BCUT2D eigenvalue weighted by Crippen LogP contribution is -2.30. The van der Waals surface area contributed by atoms with Crippen LogP contribution in [0.1, 0.15) is 12.8 Å². The number of aromatic nitrogens is 3. The number of nitrogens with one attached hydrogen (secondary N) is 1. The van der Waals surface area contributed by atoms with Gasteiger partial charge in [0.05, 0.1) is 0 Å². The second kappa shape index (κ2) is 3.91. The van der Waals surface area contributed by atoms with Crippen molar-refractivity contribution in [3.63, 3.8) is 0 Å². The fourth-order valence-corrected chi connectivity index (χ4v) is 1.76. The summed E-state index contributed by atoms with van der Waals surface area (Å²) in [5.41, 5.74) is 0. The third kappa shape index (κ3) is 1.84. The Balaban J connectivity index is 2.01. The highest BCUT2D eigenvalue weighted by molar-refractivity contribution is 7.71. The van der Waals surface area contributed by atoms with Gasteiger partial charge in [-0.2, -0.15) is 5.10 Å². The van der Waals surface area contributed by atoms with Gasteiger partial charge in [0, 0.05) is 13.1 Å².